The van der Waals surface area contributed by atoms with Crippen LogP contribution in [0.15, 0.2) is 79.3 Å². The number of carbonyl (C=O) groups excluding carboxylic acids is 4. The van der Waals surface area contributed by atoms with E-state index in [0.29, 0.717) is 43.2 Å². The molecule has 0 unspecified atom stereocenters. The number of aromatic amines is 1. The molecular weight excluding hydrogens is 1080 g/mol. The number of halogens is 5. The molecule has 0 bridgehead atoms. The number of hydrogen-bond donors (Lipinski definition) is 3. The number of non-ortho nitro benzene ring substituents is 1. The maximum Gasteiger partial charge on any atom is 0.419 e. The van der Waals surface area contributed by atoms with Crippen LogP contribution >= 0.6 is 11.6 Å². The molecule has 81 heavy (non-hydrogen) atoms. The lowest BCUT2D eigenvalue weighted by atomic mass is 9.89. The number of ether oxygens (including phenoxy) is 4. The van der Waals surface area contributed by atoms with Crippen molar-refractivity contribution < 1.29 is 60.6 Å². The summed E-state index contributed by atoms with van der Waals surface area (Å²) in [5.41, 5.74) is -1.29. The zero-order chi connectivity index (χ0) is 59.5. The van der Waals surface area contributed by atoms with Crippen LogP contribution < -0.4 is 20.3 Å². The topological polar surface area (TPSA) is 227 Å². The third kappa shape index (κ3) is 21.3. The van der Waals surface area contributed by atoms with Gasteiger partial charge in [0.25, 0.3) is 5.69 Å². The van der Waals surface area contributed by atoms with E-state index in [9.17, 15) is 46.9 Å². The van der Waals surface area contributed by atoms with Crippen LogP contribution in [0.5, 0.6) is 5.75 Å². The summed E-state index contributed by atoms with van der Waals surface area (Å²) in [6.07, 6.45) is -0.0337. The smallest absolute Gasteiger partial charge is 0.419 e. The van der Waals surface area contributed by atoms with Crippen molar-refractivity contribution in [2.75, 3.05) is 70.5 Å². The molecule has 5 aromatic rings. The fourth-order valence-electron chi connectivity index (χ4n) is 8.42. The molecule has 25 heteroatoms. The zero-order valence-electron chi connectivity index (χ0n) is 47.0. The highest BCUT2D eigenvalue weighted by Gasteiger charge is 2.36. The standard InChI is InChI=1S/C31H40F4N4O7.C17H25N5O2.C8H8ClNO/c1-5-36-11-13-37(14-12-36)28(40)10-16-44-17-15-38(29(41)46-30(2,3)4)20-23-19-24(39(42)43)7-9-27(23)45-21-22-6-8-26(32)25(18-22)31(33,34)35;1-16(2,3)24-15(23)21-17(4)6-9-22(10-7-17)14-12-5-8-18-13(12)19-11-20-14;9-8-3-1-7(2-4-8)5-10-6-11/h6-9,18-19H,5,10-17,20-21H2,1-4H3;5,8,11H,6-7,9-10H2,1-4H3,(H,21,23)(H,18,19,20);1-4,6H,5H2,(H,10,11). The number of piperidine rings is 1. The summed E-state index contributed by atoms with van der Waals surface area (Å²) in [4.78, 5) is 77.9. The van der Waals surface area contributed by atoms with E-state index in [1.54, 1.807) is 44.1 Å². The van der Waals surface area contributed by atoms with E-state index in [0.717, 1.165) is 80.1 Å². The van der Waals surface area contributed by atoms with Crippen LogP contribution in [0.1, 0.15) is 96.9 Å². The molecule has 4 amide bonds. The quantitative estimate of drug-likeness (QED) is 0.0244. The minimum absolute atomic E-state index is 0.00663. The van der Waals surface area contributed by atoms with E-state index in [1.807, 2.05) is 45.2 Å². The summed E-state index contributed by atoms with van der Waals surface area (Å²) in [6.45, 7) is 20.3. The lowest BCUT2D eigenvalue weighted by molar-refractivity contribution is -0.385. The van der Waals surface area contributed by atoms with E-state index in [-0.39, 0.29) is 72.8 Å². The number of fused-ring (bicyclic) bond motifs is 1. The maximum absolute atomic E-state index is 13.7. The van der Waals surface area contributed by atoms with E-state index < -0.39 is 46.4 Å². The Morgan fingerprint density at radius 2 is 1.56 bits per heavy atom. The Kier molecular flexibility index (Phi) is 23.4. The van der Waals surface area contributed by atoms with Gasteiger partial charge in [-0.1, -0.05) is 36.7 Å². The molecular formula is C56H73ClF4N10O10. The SMILES string of the molecule is CC1(NC(=O)OC(C)(C)C)CCN(c2ncnc3[nH]ccc23)CC1.CCN1CCN(C(=O)CCOCCN(Cc2cc([N+](=O)[O-])ccc2OCc2ccc(F)c(C(F)(F)F)c2)C(=O)OC(C)(C)C)CC1.O=CNCc1ccc(Cl)cc1. The molecule has 2 saturated heterocycles. The number of nitro groups is 1. The minimum Gasteiger partial charge on any atom is -0.489 e. The van der Waals surface area contributed by atoms with Gasteiger partial charge in [-0.2, -0.15) is 13.2 Å². The predicted octanol–water partition coefficient (Wildman–Crippen LogP) is 10.1. The third-order valence-electron chi connectivity index (χ3n) is 12.7. The first kappa shape index (κ1) is 64.5. The molecule has 2 aliphatic rings. The van der Waals surface area contributed by atoms with Gasteiger partial charge in [-0.05, 0) is 115 Å². The van der Waals surface area contributed by atoms with Gasteiger partial charge in [0, 0.05) is 86.8 Å². The van der Waals surface area contributed by atoms with Crippen molar-refractivity contribution in [2.24, 2.45) is 0 Å². The lowest BCUT2D eigenvalue weighted by Gasteiger charge is -2.40. The number of hydrogen-bond acceptors (Lipinski definition) is 14. The Morgan fingerprint density at radius 3 is 2.17 bits per heavy atom. The largest absolute Gasteiger partial charge is 0.489 e. The number of amides is 4. The number of carbonyl (C=O) groups is 4. The number of likely N-dealkylation sites (N-methyl/N-ethyl adjacent to an activating group) is 1. The number of rotatable bonds is 18. The molecule has 0 saturated carbocycles. The Hall–Kier alpha value is -7.31. The molecule has 0 atom stereocenters. The number of alkyl carbamates (subject to hydrolysis) is 1. The Labute approximate surface area is 473 Å². The van der Waals surface area contributed by atoms with Crippen LogP contribution in [0, 0.1) is 15.9 Å². The first-order valence-electron chi connectivity index (χ1n) is 26.4. The van der Waals surface area contributed by atoms with Crippen LogP contribution in [0.2, 0.25) is 5.02 Å². The maximum atomic E-state index is 13.7. The number of piperazine rings is 1. The second kappa shape index (κ2) is 29.4. The number of nitrogens with zero attached hydrogens (tertiary/aromatic N) is 7. The number of nitrogens with one attached hydrogen (secondary N) is 3. The summed E-state index contributed by atoms with van der Waals surface area (Å²) in [5.74, 6) is -0.449. The number of aromatic nitrogens is 3. The Balaban J connectivity index is 0.000000281. The van der Waals surface area contributed by atoms with Crippen molar-refractivity contribution in [1.82, 2.24) is 40.3 Å². The van der Waals surface area contributed by atoms with Gasteiger partial charge in [-0.15, -0.1) is 0 Å². The molecule has 0 spiro atoms. The fourth-order valence-corrected chi connectivity index (χ4v) is 8.54. The summed E-state index contributed by atoms with van der Waals surface area (Å²) in [7, 11) is 0. The summed E-state index contributed by atoms with van der Waals surface area (Å²) >= 11 is 5.66. The fraction of sp³-hybridized carbons (Fsp3) is 0.500. The molecule has 7 rings (SSSR count). The number of benzene rings is 3. The van der Waals surface area contributed by atoms with Gasteiger partial charge in [-0.25, -0.2) is 23.9 Å². The molecule has 20 nitrogen and oxygen atoms in total. The second-order valence-corrected chi connectivity index (χ2v) is 21.9. The first-order chi connectivity index (χ1) is 38.2. The number of H-pyrrole nitrogens is 1. The van der Waals surface area contributed by atoms with Crippen LogP contribution in [0.4, 0.5) is 38.7 Å². The van der Waals surface area contributed by atoms with E-state index in [4.69, 9.17) is 30.5 Å². The highest BCUT2D eigenvalue weighted by Crippen LogP contribution is 2.34. The van der Waals surface area contributed by atoms with Crippen molar-refractivity contribution in [1.29, 1.82) is 0 Å². The lowest BCUT2D eigenvalue weighted by Crippen LogP contribution is -2.54. The van der Waals surface area contributed by atoms with Gasteiger partial charge in [0.05, 0.1) is 42.1 Å². The van der Waals surface area contributed by atoms with Gasteiger partial charge >= 0.3 is 18.4 Å². The van der Waals surface area contributed by atoms with Crippen molar-refractivity contribution in [3.05, 3.63) is 122 Å². The first-order valence-corrected chi connectivity index (χ1v) is 26.8. The van der Waals surface area contributed by atoms with Gasteiger partial charge in [0.15, 0.2) is 0 Å². The van der Waals surface area contributed by atoms with Crippen molar-refractivity contribution in [3.8, 4) is 5.75 Å². The number of alkyl halides is 3. The molecule has 2 aromatic heterocycles. The molecule has 3 N–H and O–H groups in total. The van der Waals surface area contributed by atoms with Gasteiger partial charge < -0.3 is 54.2 Å². The van der Waals surface area contributed by atoms with E-state index >= 15 is 0 Å². The number of anilines is 1. The van der Waals surface area contributed by atoms with Gasteiger partial charge in [0.1, 0.15) is 47.2 Å². The average molecular weight is 1160 g/mol. The number of nitro benzene ring substituents is 1. The van der Waals surface area contributed by atoms with Crippen LogP contribution in [0.3, 0.4) is 0 Å². The van der Waals surface area contributed by atoms with Crippen molar-refractivity contribution in [2.45, 2.75) is 117 Å². The van der Waals surface area contributed by atoms with Crippen LogP contribution in [-0.2, 0) is 49.7 Å². The molecule has 3 aromatic carbocycles. The molecule has 0 radical (unpaired) electrons. The van der Waals surface area contributed by atoms with Crippen molar-refractivity contribution in [3.63, 3.8) is 0 Å². The summed E-state index contributed by atoms with van der Waals surface area (Å²) < 4.78 is 75.6. The van der Waals surface area contributed by atoms with Crippen molar-refractivity contribution >= 4 is 58.6 Å². The van der Waals surface area contributed by atoms with Gasteiger partial charge in [0.2, 0.25) is 12.3 Å². The molecule has 2 fully saturated rings. The van der Waals surface area contributed by atoms with Crippen LogP contribution in [-0.4, -0.2) is 141 Å². The Bertz CT molecular complexity index is 2870. The molecule has 4 heterocycles. The predicted molar refractivity (Wildman–Crippen MR) is 297 cm³/mol. The zero-order valence-corrected chi connectivity index (χ0v) is 47.8. The van der Waals surface area contributed by atoms with Crippen LogP contribution in [0.25, 0.3) is 11.0 Å². The van der Waals surface area contributed by atoms with E-state index in [1.165, 1.54) is 17.0 Å². The normalized spacial score (nSPS) is 14.6. The average Bonchev–Trinajstić information content (AvgIpc) is 3.92. The Morgan fingerprint density at radius 1 is 0.889 bits per heavy atom. The minimum atomic E-state index is -4.91. The molecule has 442 valence electrons. The summed E-state index contributed by atoms with van der Waals surface area (Å²) in [5, 5.41) is 18.9. The summed E-state index contributed by atoms with van der Waals surface area (Å²) in [6, 6.07) is 15.4. The highest BCUT2D eigenvalue weighted by molar-refractivity contribution is 6.30. The monoisotopic (exact) mass is 1160 g/mol. The molecule has 2 aliphatic heterocycles. The van der Waals surface area contributed by atoms with E-state index in [2.05, 4.69) is 49.2 Å². The highest BCUT2D eigenvalue weighted by atomic mass is 35.5. The second-order valence-electron chi connectivity index (χ2n) is 21.5. The molecule has 0 aliphatic carbocycles. The van der Waals surface area contributed by atoms with Gasteiger partial charge in [-0.3, -0.25) is 19.7 Å². The third-order valence-corrected chi connectivity index (χ3v) is 13.0.